The zero-order valence-electron chi connectivity index (χ0n) is 8.71. The first kappa shape index (κ1) is 11.9. The molecule has 0 saturated heterocycles. The summed E-state index contributed by atoms with van der Waals surface area (Å²) in [4.78, 5) is 0. The molecule has 0 atom stereocenters. The fourth-order valence-corrected chi connectivity index (χ4v) is 2.48. The minimum Gasteiger partial charge on any atom is -0.215 e. The number of hydrogen-bond donors (Lipinski definition) is 1. The van der Waals surface area contributed by atoms with Crippen molar-refractivity contribution < 1.29 is 8.42 Å². The lowest BCUT2D eigenvalue weighted by Crippen LogP contribution is -2.51. The van der Waals surface area contributed by atoms with E-state index in [1.165, 1.54) is 4.31 Å². The average molecular weight is 193 g/mol. The van der Waals surface area contributed by atoms with Crippen molar-refractivity contribution in [1.29, 1.82) is 0 Å². The Labute approximate surface area is 76.8 Å². The van der Waals surface area contributed by atoms with Crippen LogP contribution >= 0.6 is 0 Å². The summed E-state index contributed by atoms with van der Waals surface area (Å²) in [5.74, 6) is 0. The van der Waals surface area contributed by atoms with Crippen molar-refractivity contribution in [3.05, 3.63) is 0 Å². The fourth-order valence-electron chi connectivity index (χ4n) is 1.50. The van der Waals surface area contributed by atoms with Crippen LogP contribution in [0.25, 0.3) is 0 Å². The molecule has 0 aromatic carbocycles. The second-order valence-corrected chi connectivity index (χ2v) is 5.77. The van der Waals surface area contributed by atoms with Gasteiger partial charge in [0.1, 0.15) is 0 Å². The van der Waals surface area contributed by atoms with Crippen molar-refractivity contribution in [3.8, 4) is 0 Å². The molecule has 0 aliphatic heterocycles. The summed E-state index contributed by atoms with van der Waals surface area (Å²) in [6.45, 7) is 11.4. The molecule has 0 spiro atoms. The van der Waals surface area contributed by atoms with E-state index in [1.807, 2.05) is 41.5 Å². The predicted octanol–water partition coefficient (Wildman–Crippen LogP) is 1.41. The van der Waals surface area contributed by atoms with Crippen LogP contribution in [0, 0.1) is 0 Å². The minimum atomic E-state index is -2.51. The molecule has 0 radical (unpaired) electrons. The van der Waals surface area contributed by atoms with Crippen molar-refractivity contribution in [3.63, 3.8) is 0 Å². The third kappa shape index (κ3) is 3.11. The highest BCUT2D eigenvalue weighted by Gasteiger charge is 2.33. The summed E-state index contributed by atoms with van der Waals surface area (Å²) < 4.78 is 23.4. The highest BCUT2D eigenvalue weighted by Crippen LogP contribution is 2.24. The van der Waals surface area contributed by atoms with E-state index in [1.54, 1.807) is 0 Å². The van der Waals surface area contributed by atoms with Gasteiger partial charge in [0.25, 0.3) is 0 Å². The van der Waals surface area contributed by atoms with Crippen molar-refractivity contribution in [2.24, 2.45) is 0 Å². The average Bonchev–Trinajstić information content (AvgIpc) is 1.49. The van der Waals surface area contributed by atoms with Crippen LogP contribution in [0.5, 0.6) is 0 Å². The van der Waals surface area contributed by atoms with Gasteiger partial charge in [0, 0.05) is 11.1 Å². The first-order valence-electron chi connectivity index (χ1n) is 4.01. The van der Waals surface area contributed by atoms with Crippen molar-refractivity contribution in [1.82, 2.24) is 4.31 Å². The van der Waals surface area contributed by atoms with E-state index in [9.17, 15) is 8.42 Å². The van der Waals surface area contributed by atoms with Gasteiger partial charge in [0.05, 0.1) is 0 Å². The van der Waals surface area contributed by atoms with Gasteiger partial charge in [-0.3, -0.25) is 0 Å². The van der Waals surface area contributed by atoms with Crippen LogP contribution in [0.3, 0.4) is 0 Å². The maximum Gasteiger partial charge on any atom is 0.204 e. The molecule has 0 fully saturated rings. The second-order valence-electron chi connectivity index (χ2n) is 4.89. The van der Waals surface area contributed by atoms with Crippen LogP contribution in [0.2, 0.25) is 0 Å². The van der Waals surface area contributed by atoms with E-state index in [0.29, 0.717) is 0 Å². The van der Waals surface area contributed by atoms with E-state index >= 15 is 0 Å². The molecule has 0 aliphatic carbocycles. The molecular weight excluding hydrogens is 174 g/mol. The molecule has 0 amide bonds. The first-order chi connectivity index (χ1) is 5.07. The number of hydrogen-bond acceptors (Lipinski definition) is 2. The standard InChI is InChI=1S/C8H19NO2S/c1-7(2,3)9(12(10)11)8(4,5)6/h12H,1-6H3. The Kier molecular flexibility index (Phi) is 3.32. The van der Waals surface area contributed by atoms with Gasteiger partial charge in [0.15, 0.2) is 0 Å². The highest BCUT2D eigenvalue weighted by molar-refractivity contribution is 7.70. The molecule has 0 aromatic rings. The van der Waals surface area contributed by atoms with Crippen LogP contribution < -0.4 is 0 Å². The summed E-state index contributed by atoms with van der Waals surface area (Å²) >= 11 is 0. The maximum atomic E-state index is 11.0. The van der Waals surface area contributed by atoms with Gasteiger partial charge < -0.3 is 0 Å². The van der Waals surface area contributed by atoms with Crippen molar-refractivity contribution in [2.75, 3.05) is 0 Å². The predicted molar refractivity (Wildman–Crippen MR) is 51.7 cm³/mol. The third-order valence-electron chi connectivity index (χ3n) is 1.43. The third-order valence-corrected chi connectivity index (χ3v) is 2.96. The lowest BCUT2D eigenvalue weighted by atomic mass is 10.0. The van der Waals surface area contributed by atoms with Crippen molar-refractivity contribution in [2.45, 2.75) is 52.6 Å². The molecule has 74 valence electrons. The Balaban J connectivity index is 4.96. The van der Waals surface area contributed by atoms with Crippen LogP contribution in [0.1, 0.15) is 41.5 Å². The maximum absolute atomic E-state index is 11.0. The summed E-state index contributed by atoms with van der Waals surface area (Å²) in [5, 5.41) is 0. The topological polar surface area (TPSA) is 37.4 Å². The summed E-state index contributed by atoms with van der Waals surface area (Å²) in [7, 11) is -2.51. The summed E-state index contributed by atoms with van der Waals surface area (Å²) in [5.41, 5.74) is -0.680. The van der Waals surface area contributed by atoms with Gasteiger partial charge in [-0.1, -0.05) is 0 Å². The molecule has 0 N–H and O–H groups in total. The van der Waals surface area contributed by atoms with E-state index < -0.39 is 10.9 Å². The van der Waals surface area contributed by atoms with E-state index in [-0.39, 0.29) is 11.1 Å². The van der Waals surface area contributed by atoms with Gasteiger partial charge in [-0.2, -0.15) is 4.31 Å². The monoisotopic (exact) mass is 193 g/mol. The zero-order valence-corrected chi connectivity index (χ0v) is 9.61. The molecule has 12 heavy (non-hydrogen) atoms. The Morgan fingerprint density at radius 3 is 1.08 bits per heavy atom. The van der Waals surface area contributed by atoms with Gasteiger partial charge in [-0.25, -0.2) is 8.42 Å². The number of thiol groups is 1. The lowest BCUT2D eigenvalue weighted by Gasteiger charge is -2.40. The second kappa shape index (κ2) is 3.34. The zero-order chi connectivity index (χ0) is 10.2. The number of rotatable bonds is 1. The Morgan fingerprint density at radius 1 is 0.833 bits per heavy atom. The van der Waals surface area contributed by atoms with E-state index in [4.69, 9.17) is 0 Å². The lowest BCUT2D eigenvalue weighted by molar-refractivity contribution is 0.145. The Hall–Kier alpha value is -0.0900. The molecular formula is C8H19NO2S. The van der Waals surface area contributed by atoms with Gasteiger partial charge in [0.2, 0.25) is 10.9 Å². The largest absolute Gasteiger partial charge is 0.215 e. The molecule has 0 bridgehead atoms. The first-order valence-corrected chi connectivity index (χ1v) is 5.14. The van der Waals surface area contributed by atoms with Crippen LogP contribution in [0.4, 0.5) is 0 Å². The SMILES string of the molecule is CC(C)(C)N([SH](=O)=O)C(C)(C)C. The van der Waals surface area contributed by atoms with Gasteiger partial charge in [-0.05, 0) is 41.5 Å². The van der Waals surface area contributed by atoms with Crippen LogP contribution in [-0.4, -0.2) is 23.8 Å². The molecule has 0 rings (SSSR count). The molecule has 0 heterocycles. The molecule has 4 heteroatoms. The normalized spacial score (nSPS) is 14.3. The van der Waals surface area contributed by atoms with Crippen molar-refractivity contribution >= 4 is 10.9 Å². The summed E-state index contributed by atoms with van der Waals surface area (Å²) in [6.07, 6.45) is 0. The Bertz CT molecular complexity index is 198. The summed E-state index contributed by atoms with van der Waals surface area (Å²) in [6, 6.07) is 0. The molecule has 0 aromatic heterocycles. The van der Waals surface area contributed by atoms with Crippen LogP contribution in [0.15, 0.2) is 0 Å². The van der Waals surface area contributed by atoms with E-state index in [0.717, 1.165) is 0 Å². The highest BCUT2D eigenvalue weighted by atomic mass is 32.2. The number of nitrogens with zero attached hydrogens (tertiary/aromatic N) is 1. The smallest absolute Gasteiger partial charge is 0.204 e. The van der Waals surface area contributed by atoms with Crippen LogP contribution in [-0.2, 0) is 10.9 Å². The van der Waals surface area contributed by atoms with Gasteiger partial charge >= 0.3 is 0 Å². The van der Waals surface area contributed by atoms with Gasteiger partial charge in [-0.15, -0.1) is 0 Å². The molecule has 0 saturated carbocycles. The quantitative estimate of drug-likeness (QED) is 0.639. The Morgan fingerprint density at radius 2 is 1.08 bits per heavy atom. The minimum absolute atomic E-state index is 0.340. The molecule has 3 nitrogen and oxygen atoms in total. The van der Waals surface area contributed by atoms with E-state index in [2.05, 4.69) is 0 Å². The molecule has 0 aliphatic rings. The molecule has 0 unspecified atom stereocenters. The fraction of sp³-hybridized carbons (Fsp3) is 1.00.